The molecule has 0 radical (unpaired) electrons. The number of nitrogens with one attached hydrogen (secondary N) is 2. The summed E-state index contributed by atoms with van der Waals surface area (Å²) in [7, 11) is 5.89. The van der Waals surface area contributed by atoms with Crippen molar-refractivity contribution in [2.24, 2.45) is 0 Å². The summed E-state index contributed by atoms with van der Waals surface area (Å²) in [4.78, 5) is 16.7. The Morgan fingerprint density at radius 2 is 2.17 bits per heavy atom. The number of hydrogen-bond donors (Lipinski definition) is 2. The lowest BCUT2D eigenvalue weighted by molar-refractivity contribution is 0.115. The lowest BCUT2D eigenvalue weighted by Crippen LogP contribution is -2.54. The molecule has 0 saturated carbocycles. The molecule has 1 saturated heterocycles. The Kier molecular flexibility index (Phi) is 6.38. The van der Waals surface area contributed by atoms with E-state index in [1.165, 1.54) is 0 Å². The molecule has 6 heteroatoms. The number of amides is 2. The van der Waals surface area contributed by atoms with Gasteiger partial charge in [-0.3, -0.25) is 4.90 Å². The molecule has 0 aromatic heterocycles. The molecule has 0 aliphatic carbocycles. The maximum absolute atomic E-state index is 12.1. The summed E-state index contributed by atoms with van der Waals surface area (Å²) in [5.41, 5.74) is 1.82. The number of methoxy groups -OCH3 is 1. The van der Waals surface area contributed by atoms with Gasteiger partial charge in [-0.1, -0.05) is 12.1 Å². The molecule has 1 fully saturated rings. The van der Waals surface area contributed by atoms with Crippen molar-refractivity contribution >= 4 is 11.7 Å². The molecule has 2 rings (SSSR count). The highest BCUT2D eigenvalue weighted by molar-refractivity contribution is 5.89. The standard InChI is InChI=1S/C17H28N4O2/c1-13(23-4)14-6-5-7-15(10-14)19-17(22)18-11-16-12-20(2)8-9-21(16)3/h5-7,10,13,16H,8-9,11-12H2,1-4H3,(H2,18,19,22). The van der Waals surface area contributed by atoms with Crippen LogP contribution in [0.15, 0.2) is 24.3 Å². The summed E-state index contributed by atoms with van der Waals surface area (Å²) >= 11 is 0. The summed E-state index contributed by atoms with van der Waals surface area (Å²) in [5, 5.41) is 5.85. The van der Waals surface area contributed by atoms with Crippen molar-refractivity contribution in [1.82, 2.24) is 15.1 Å². The first kappa shape index (κ1) is 17.7. The van der Waals surface area contributed by atoms with Crippen LogP contribution in [-0.2, 0) is 4.74 Å². The Labute approximate surface area is 138 Å². The molecule has 2 unspecified atom stereocenters. The monoisotopic (exact) mass is 320 g/mol. The fourth-order valence-corrected chi connectivity index (χ4v) is 2.71. The molecule has 6 nitrogen and oxygen atoms in total. The quantitative estimate of drug-likeness (QED) is 0.868. The third-order valence-corrected chi connectivity index (χ3v) is 4.45. The van der Waals surface area contributed by atoms with Crippen molar-refractivity contribution in [2.45, 2.75) is 19.1 Å². The van der Waals surface area contributed by atoms with Crippen LogP contribution in [0.3, 0.4) is 0 Å². The smallest absolute Gasteiger partial charge is 0.319 e. The van der Waals surface area contributed by atoms with Gasteiger partial charge in [0, 0.05) is 45.0 Å². The number of urea groups is 1. The van der Waals surface area contributed by atoms with Crippen LogP contribution < -0.4 is 10.6 Å². The second kappa shape index (κ2) is 8.29. The van der Waals surface area contributed by atoms with Gasteiger partial charge in [0.2, 0.25) is 0 Å². The van der Waals surface area contributed by atoms with E-state index in [4.69, 9.17) is 4.74 Å². The average Bonchev–Trinajstić information content (AvgIpc) is 2.55. The van der Waals surface area contributed by atoms with E-state index in [-0.39, 0.29) is 12.1 Å². The van der Waals surface area contributed by atoms with Crippen molar-refractivity contribution in [3.8, 4) is 0 Å². The molecular weight excluding hydrogens is 292 g/mol. The van der Waals surface area contributed by atoms with E-state index in [0.29, 0.717) is 12.6 Å². The largest absolute Gasteiger partial charge is 0.377 e. The average molecular weight is 320 g/mol. The number of carbonyl (C=O) groups is 1. The highest BCUT2D eigenvalue weighted by Crippen LogP contribution is 2.19. The first-order valence-electron chi connectivity index (χ1n) is 8.06. The van der Waals surface area contributed by atoms with Crippen LogP contribution in [0.4, 0.5) is 10.5 Å². The van der Waals surface area contributed by atoms with Crippen molar-refractivity contribution in [3.63, 3.8) is 0 Å². The van der Waals surface area contributed by atoms with Gasteiger partial charge in [0.25, 0.3) is 0 Å². The number of rotatable bonds is 5. The molecule has 23 heavy (non-hydrogen) atoms. The molecule has 1 aliphatic rings. The lowest BCUT2D eigenvalue weighted by Gasteiger charge is -2.37. The summed E-state index contributed by atoms with van der Waals surface area (Å²) in [6, 6.07) is 7.91. The number of anilines is 1. The molecule has 2 atom stereocenters. The molecular formula is C17H28N4O2. The van der Waals surface area contributed by atoms with Crippen LogP contribution in [-0.4, -0.2) is 69.3 Å². The van der Waals surface area contributed by atoms with Crippen LogP contribution in [0, 0.1) is 0 Å². The van der Waals surface area contributed by atoms with Gasteiger partial charge >= 0.3 is 6.03 Å². The maximum atomic E-state index is 12.1. The van der Waals surface area contributed by atoms with Crippen molar-refractivity contribution in [2.75, 3.05) is 52.7 Å². The first-order chi connectivity index (χ1) is 11.0. The van der Waals surface area contributed by atoms with Gasteiger partial charge in [0.15, 0.2) is 0 Å². The van der Waals surface area contributed by atoms with Crippen LogP contribution in [0.5, 0.6) is 0 Å². The SMILES string of the molecule is COC(C)c1cccc(NC(=O)NCC2CN(C)CCN2C)c1. The van der Waals surface area contributed by atoms with E-state index >= 15 is 0 Å². The number of benzene rings is 1. The minimum atomic E-state index is -0.172. The number of nitrogens with zero attached hydrogens (tertiary/aromatic N) is 2. The number of piperazine rings is 1. The predicted molar refractivity (Wildman–Crippen MR) is 92.8 cm³/mol. The van der Waals surface area contributed by atoms with Gasteiger partial charge in [0.05, 0.1) is 6.10 Å². The molecule has 0 bridgehead atoms. The zero-order valence-electron chi connectivity index (χ0n) is 14.5. The molecule has 2 N–H and O–H groups in total. The van der Waals surface area contributed by atoms with Gasteiger partial charge < -0.3 is 20.3 Å². The third-order valence-electron chi connectivity index (χ3n) is 4.45. The van der Waals surface area contributed by atoms with Crippen LogP contribution in [0.1, 0.15) is 18.6 Å². The second-order valence-corrected chi connectivity index (χ2v) is 6.24. The molecule has 2 amide bonds. The van der Waals surface area contributed by atoms with Gasteiger partial charge in [0.1, 0.15) is 0 Å². The van der Waals surface area contributed by atoms with E-state index < -0.39 is 0 Å². The van der Waals surface area contributed by atoms with E-state index in [9.17, 15) is 4.79 Å². The number of ether oxygens (including phenoxy) is 1. The minimum Gasteiger partial charge on any atom is -0.377 e. The topological polar surface area (TPSA) is 56.8 Å². The summed E-state index contributed by atoms with van der Waals surface area (Å²) in [6.45, 7) is 5.69. The fourth-order valence-electron chi connectivity index (χ4n) is 2.71. The summed E-state index contributed by atoms with van der Waals surface area (Å²) < 4.78 is 5.31. The zero-order valence-corrected chi connectivity index (χ0v) is 14.5. The Balaban J connectivity index is 1.85. The van der Waals surface area contributed by atoms with Gasteiger partial charge in [-0.25, -0.2) is 4.79 Å². The fraction of sp³-hybridized carbons (Fsp3) is 0.588. The lowest BCUT2D eigenvalue weighted by atomic mass is 10.1. The van der Waals surface area contributed by atoms with E-state index in [1.807, 2.05) is 31.2 Å². The Hall–Kier alpha value is -1.63. The van der Waals surface area contributed by atoms with Crippen molar-refractivity contribution in [1.29, 1.82) is 0 Å². The normalized spacial score (nSPS) is 21.0. The molecule has 0 spiro atoms. The van der Waals surface area contributed by atoms with Crippen LogP contribution >= 0.6 is 0 Å². The maximum Gasteiger partial charge on any atom is 0.319 e. The zero-order chi connectivity index (χ0) is 16.8. The van der Waals surface area contributed by atoms with Crippen molar-refractivity contribution in [3.05, 3.63) is 29.8 Å². The molecule has 1 heterocycles. The number of hydrogen-bond acceptors (Lipinski definition) is 4. The summed E-state index contributed by atoms with van der Waals surface area (Å²) in [6.07, 6.45) is 0.00577. The van der Waals surface area contributed by atoms with Crippen LogP contribution in [0.2, 0.25) is 0 Å². The Morgan fingerprint density at radius 3 is 2.91 bits per heavy atom. The third kappa shape index (κ3) is 5.20. The molecule has 1 aromatic rings. The molecule has 1 aromatic carbocycles. The van der Waals surface area contributed by atoms with Crippen molar-refractivity contribution < 1.29 is 9.53 Å². The van der Waals surface area contributed by atoms with Crippen LogP contribution in [0.25, 0.3) is 0 Å². The van der Waals surface area contributed by atoms with E-state index in [1.54, 1.807) is 7.11 Å². The molecule has 1 aliphatic heterocycles. The van der Waals surface area contributed by atoms with Gasteiger partial charge in [-0.15, -0.1) is 0 Å². The molecule has 128 valence electrons. The number of carbonyl (C=O) groups excluding carboxylic acids is 1. The predicted octanol–water partition coefficient (Wildman–Crippen LogP) is 1.76. The van der Waals surface area contributed by atoms with E-state index in [2.05, 4.69) is 34.5 Å². The van der Waals surface area contributed by atoms with Gasteiger partial charge in [-0.05, 0) is 38.7 Å². The summed E-state index contributed by atoms with van der Waals surface area (Å²) in [5.74, 6) is 0. The Morgan fingerprint density at radius 1 is 1.39 bits per heavy atom. The Bertz CT molecular complexity index is 523. The first-order valence-corrected chi connectivity index (χ1v) is 8.06. The highest BCUT2D eigenvalue weighted by Gasteiger charge is 2.22. The highest BCUT2D eigenvalue weighted by atomic mass is 16.5. The van der Waals surface area contributed by atoms with E-state index in [0.717, 1.165) is 30.9 Å². The minimum absolute atomic E-state index is 0.00577. The second-order valence-electron chi connectivity index (χ2n) is 6.24. The number of likely N-dealkylation sites (N-methyl/N-ethyl adjacent to an activating group) is 2. The van der Waals surface area contributed by atoms with Gasteiger partial charge in [-0.2, -0.15) is 0 Å².